The molecule has 0 spiro atoms. The molecule has 21 heavy (non-hydrogen) atoms. The molecule has 2 rings (SSSR count). The summed E-state index contributed by atoms with van der Waals surface area (Å²) in [5.41, 5.74) is 5.91. The van der Waals surface area contributed by atoms with Crippen LogP contribution in [-0.4, -0.2) is 34.6 Å². The number of carbonyl (C=O) groups excluding carboxylic acids is 2. The van der Waals surface area contributed by atoms with E-state index in [1.54, 1.807) is 39.0 Å². The Morgan fingerprint density at radius 3 is 2.52 bits per heavy atom. The molecule has 1 aromatic heterocycles. The Bertz CT molecular complexity index is 713. The molecule has 1 aromatic carbocycles. The largest absolute Gasteiger partial charge is 0.464 e. The van der Waals surface area contributed by atoms with Gasteiger partial charge in [0.1, 0.15) is 5.60 Å². The summed E-state index contributed by atoms with van der Waals surface area (Å²) in [7, 11) is 1.24. The summed E-state index contributed by atoms with van der Waals surface area (Å²) >= 11 is 0. The SMILES string of the molecule is COC(=O)c1nn(C(=O)OC(C)(C)C)c2cccc(N)c12. The van der Waals surface area contributed by atoms with E-state index < -0.39 is 17.7 Å². The van der Waals surface area contributed by atoms with Crippen LogP contribution < -0.4 is 5.73 Å². The molecule has 0 aliphatic heterocycles. The molecule has 2 N–H and O–H groups in total. The first-order chi connectivity index (χ1) is 9.74. The number of ether oxygens (including phenoxy) is 2. The van der Waals surface area contributed by atoms with Crippen LogP contribution >= 0.6 is 0 Å². The molecule has 0 saturated heterocycles. The number of anilines is 1. The van der Waals surface area contributed by atoms with E-state index >= 15 is 0 Å². The topological polar surface area (TPSA) is 96.4 Å². The minimum Gasteiger partial charge on any atom is -0.464 e. The highest BCUT2D eigenvalue weighted by Gasteiger charge is 2.25. The van der Waals surface area contributed by atoms with Crippen molar-refractivity contribution in [3.63, 3.8) is 0 Å². The van der Waals surface area contributed by atoms with Crippen molar-refractivity contribution in [3.8, 4) is 0 Å². The van der Waals surface area contributed by atoms with Crippen LogP contribution in [0, 0.1) is 0 Å². The van der Waals surface area contributed by atoms with Crippen LogP contribution in [-0.2, 0) is 9.47 Å². The monoisotopic (exact) mass is 291 g/mol. The van der Waals surface area contributed by atoms with Gasteiger partial charge in [0.2, 0.25) is 0 Å². The molecule has 1 heterocycles. The Morgan fingerprint density at radius 1 is 1.29 bits per heavy atom. The quantitative estimate of drug-likeness (QED) is 0.639. The Balaban J connectivity index is 2.63. The third-order valence-electron chi connectivity index (χ3n) is 2.68. The predicted octanol–water partition coefficient (Wildman–Crippen LogP) is 2.19. The van der Waals surface area contributed by atoms with Gasteiger partial charge in [-0.25, -0.2) is 9.59 Å². The molecule has 0 fully saturated rings. The normalized spacial score (nSPS) is 11.4. The summed E-state index contributed by atoms with van der Waals surface area (Å²) < 4.78 is 11.0. The lowest BCUT2D eigenvalue weighted by Gasteiger charge is -2.19. The zero-order chi connectivity index (χ0) is 15.8. The van der Waals surface area contributed by atoms with Crippen LogP contribution in [0.15, 0.2) is 18.2 Å². The van der Waals surface area contributed by atoms with Crippen molar-refractivity contribution in [2.45, 2.75) is 26.4 Å². The predicted molar refractivity (Wildman–Crippen MR) is 77.1 cm³/mol. The molecule has 0 unspecified atom stereocenters. The van der Waals surface area contributed by atoms with Crippen molar-refractivity contribution >= 4 is 28.7 Å². The number of benzene rings is 1. The highest BCUT2D eigenvalue weighted by Crippen LogP contribution is 2.26. The van der Waals surface area contributed by atoms with Gasteiger partial charge in [0.15, 0.2) is 5.69 Å². The summed E-state index contributed by atoms with van der Waals surface area (Å²) in [5.74, 6) is -0.666. The molecular weight excluding hydrogens is 274 g/mol. The average Bonchev–Trinajstić information content (AvgIpc) is 2.77. The van der Waals surface area contributed by atoms with Gasteiger partial charge in [-0.15, -0.1) is 0 Å². The highest BCUT2D eigenvalue weighted by molar-refractivity contribution is 6.08. The lowest BCUT2D eigenvalue weighted by Crippen LogP contribution is -2.27. The minimum atomic E-state index is -0.687. The van der Waals surface area contributed by atoms with Crippen LogP contribution in [0.25, 0.3) is 10.9 Å². The van der Waals surface area contributed by atoms with Gasteiger partial charge in [-0.05, 0) is 32.9 Å². The van der Waals surface area contributed by atoms with Crippen LogP contribution in [0.5, 0.6) is 0 Å². The average molecular weight is 291 g/mol. The molecule has 7 nitrogen and oxygen atoms in total. The minimum absolute atomic E-state index is 0.0172. The summed E-state index contributed by atoms with van der Waals surface area (Å²) in [5, 5.41) is 4.36. The van der Waals surface area contributed by atoms with Crippen molar-refractivity contribution in [2.75, 3.05) is 12.8 Å². The standard InChI is InChI=1S/C14H17N3O4/c1-14(2,3)21-13(19)17-9-7-5-6-8(15)10(9)11(16-17)12(18)20-4/h5-7H,15H2,1-4H3. The van der Waals surface area contributed by atoms with Crippen LogP contribution in [0.1, 0.15) is 31.3 Å². The molecule has 112 valence electrons. The van der Waals surface area contributed by atoms with E-state index in [9.17, 15) is 9.59 Å². The van der Waals surface area contributed by atoms with Gasteiger partial charge in [-0.3, -0.25) is 0 Å². The maximum absolute atomic E-state index is 12.2. The third-order valence-corrected chi connectivity index (χ3v) is 2.68. The molecule has 0 radical (unpaired) electrons. The van der Waals surface area contributed by atoms with E-state index in [-0.39, 0.29) is 5.69 Å². The molecule has 0 atom stereocenters. The zero-order valence-electron chi connectivity index (χ0n) is 12.3. The van der Waals surface area contributed by atoms with E-state index in [0.29, 0.717) is 16.6 Å². The molecule has 0 bridgehead atoms. The van der Waals surface area contributed by atoms with Gasteiger partial charge in [0.05, 0.1) is 18.0 Å². The number of nitrogens with zero attached hydrogens (tertiary/aromatic N) is 2. The van der Waals surface area contributed by atoms with Crippen molar-refractivity contribution in [2.24, 2.45) is 0 Å². The number of hydrogen-bond acceptors (Lipinski definition) is 6. The number of fused-ring (bicyclic) bond motifs is 1. The van der Waals surface area contributed by atoms with E-state index in [2.05, 4.69) is 9.84 Å². The number of carbonyl (C=O) groups is 2. The maximum Gasteiger partial charge on any atom is 0.435 e. The molecule has 7 heteroatoms. The van der Waals surface area contributed by atoms with Crippen LogP contribution in [0.4, 0.5) is 10.5 Å². The third kappa shape index (κ3) is 2.81. The number of rotatable bonds is 1. The van der Waals surface area contributed by atoms with E-state index in [1.807, 2.05) is 0 Å². The Labute approximate surface area is 121 Å². The van der Waals surface area contributed by atoms with Gasteiger partial charge in [-0.2, -0.15) is 9.78 Å². The second kappa shape index (κ2) is 5.08. The summed E-state index contributed by atoms with van der Waals surface area (Å²) in [6, 6.07) is 4.92. The summed E-state index contributed by atoms with van der Waals surface area (Å²) in [6.07, 6.45) is -0.687. The molecular formula is C14H17N3O4. The Kier molecular flexibility index (Phi) is 3.59. The number of nitrogens with two attached hydrogens (primary N) is 1. The fourth-order valence-electron chi connectivity index (χ4n) is 1.88. The van der Waals surface area contributed by atoms with Crippen molar-refractivity contribution in [3.05, 3.63) is 23.9 Å². The van der Waals surface area contributed by atoms with E-state index in [0.717, 1.165) is 4.68 Å². The number of aromatic nitrogens is 2. The van der Waals surface area contributed by atoms with Crippen LogP contribution in [0.3, 0.4) is 0 Å². The first-order valence-electron chi connectivity index (χ1n) is 6.33. The smallest absolute Gasteiger partial charge is 0.435 e. The molecule has 0 amide bonds. The van der Waals surface area contributed by atoms with Gasteiger partial charge in [0, 0.05) is 5.69 Å². The van der Waals surface area contributed by atoms with E-state index in [4.69, 9.17) is 10.5 Å². The van der Waals surface area contributed by atoms with Gasteiger partial charge < -0.3 is 15.2 Å². The lowest BCUT2D eigenvalue weighted by molar-refractivity contribution is 0.0519. The van der Waals surface area contributed by atoms with Crippen LogP contribution in [0.2, 0.25) is 0 Å². The molecule has 0 aliphatic rings. The number of methoxy groups -OCH3 is 1. The maximum atomic E-state index is 12.2. The first-order valence-corrected chi connectivity index (χ1v) is 6.33. The number of hydrogen-bond donors (Lipinski definition) is 1. The van der Waals surface area contributed by atoms with Gasteiger partial charge in [0.25, 0.3) is 0 Å². The second-order valence-electron chi connectivity index (χ2n) is 5.47. The Hall–Kier alpha value is -2.57. The molecule has 0 saturated carbocycles. The van der Waals surface area contributed by atoms with Crippen molar-refractivity contribution in [1.82, 2.24) is 9.78 Å². The first kappa shape index (κ1) is 14.8. The van der Waals surface area contributed by atoms with Crippen molar-refractivity contribution < 1.29 is 19.1 Å². The van der Waals surface area contributed by atoms with Gasteiger partial charge in [-0.1, -0.05) is 6.07 Å². The summed E-state index contributed by atoms with van der Waals surface area (Å²) in [4.78, 5) is 24.0. The van der Waals surface area contributed by atoms with Crippen molar-refractivity contribution in [1.29, 1.82) is 0 Å². The summed E-state index contributed by atoms with van der Waals surface area (Å²) in [6.45, 7) is 5.23. The Morgan fingerprint density at radius 2 is 1.95 bits per heavy atom. The second-order valence-corrected chi connectivity index (χ2v) is 5.47. The fraction of sp³-hybridized carbons (Fsp3) is 0.357. The molecule has 2 aromatic rings. The number of esters is 1. The van der Waals surface area contributed by atoms with E-state index in [1.165, 1.54) is 7.11 Å². The lowest BCUT2D eigenvalue weighted by atomic mass is 10.1. The fourth-order valence-corrected chi connectivity index (χ4v) is 1.88. The zero-order valence-corrected chi connectivity index (χ0v) is 12.3. The number of nitrogen functional groups attached to an aromatic ring is 1. The van der Waals surface area contributed by atoms with Gasteiger partial charge >= 0.3 is 12.1 Å². The molecule has 0 aliphatic carbocycles. The highest BCUT2D eigenvalue weighted by atomic mass is 16.6.